The van der Waals surface area contributed by atoms with Crippen LogP contribution in [0.2, 0.25) is 0 Å². The zero-order chi connectivity index (χ0) is 27.5. The van der Waals surface area contributed by atoms with E-state index in [1.807, 2.05) is 47.4 Å². The number of benzene rings is 2. The van der Waals surface area contributed by atoms with Crippen molar-refractivity contribution in [3.63, 3.8) is 0 Å². The van der Waals surface area contributed by atoms with Gasteiger partial charge in [-0.3, -0.25) is 14.4 Å². The third kappa shape index (κ3) is 5.76. The van der Waals surface area contributed by atoms with Crippen molar-refractivity contribution in [2.24, 2.45) is 17.4 Å². The first-order valence-electron chi connectivity index (χ1n) is 13.3. The highest BCUT2D eigenvalue weighted by Crippen LogP contribution is 2.52. The van der Waals surface area contributed by atoms with Gasteiger partial charge in [0.25, 0.3) is 0 Å². The molecular formula is C30H40N4O4. The van der Waals surface area contributed by atoms with Crippen LogP contribution in [-0.2, 0) is 31.1 Å². The lowest BCUT2D eigenvalue weighted by Crippen LogP contribution is -2.54. The number of likely N-dealkylation sites (tertiary alicyclic amines) is 1. The van der Waals surface area contributed by atoms with Crippen molar-refractivity contribution in [2.75, 3.05) is 33.8 Å². The summed E-state index contributed by atoms with van der Waals surface area (Å²) in [7, 11) is 3.60. The molecule has 3 atom stereocenters. The molecule has 8 nitrogen and oxygen atoms in total. The van der Waals surface area contributed by atoms with Crippen LogP contribution in [0.1, 0.15) is 55.2 Å². The quantitative estimate of drug-likeness (QED) is 0.527. The van der Waals surface area contributed by atoms with Crippen LogP contribution in [-0.4, -0.2) is 66.9 Å². The second kappa shape index (κ2) is 11.3. The van der Waals surface area contributed by atoms with Crippen LogP contribution in [0.25, 0.3) is 0 Å². The number of primary amides is 1. The highest BCUT2D eigenvalue weighted by Gasteiger charge is 2.48. The van der Waals surface area contributed by atoms with Gasteiger partial charge in [-0.1, -0.05) is 54.6 Å². The van der Waals surface area contributed by atoms with Gasteiger partial charge in [-0.15, -0.1) is 0 Å². The van der Waals surface area contributed by atoms with Crippen molar-refractivity contribution in [3.8, 4) is 0 Å². The molecule has 0 aromatic heterocycles. The smallest absolute Gasteiger partial charge is 0.237 e. The lowest BCUT2D eigenvalue weighted by atomic mass is 9.73. The van der Waals surface area contributed by atoms with Gasteiger partial charge in [-0.2, -0.15) is 0 Å². The first-order chi connectivity index (χ1) is 18.0. The highest BCUT2D eigenvalue weighted by molar-refractivity contribution is 5.86. The summed E-state index contributed by atoms with van der Waals surface area (Å²) < 4.78 is 5.92. The molecule has 1 heterocycles. The second-order valence-corrected chi connectivity index (χ2v) is 11.4. The Morgan fingerprint density at radius 2 is 1.71 bits per heavy atom. The number of likely N-dealkylation sites (N-methyl/N-ethyl adjacent to an activating group) is 1. The van der Waals surface area contributed by atoms with Crippen molar-refractivity contribution < 1.29 is 19.1 Å². The van der Waals surface area contributed by atoms with Crippen molar-refractivity contribution in [2.45, 2.75) is 56.1 Å². The fourth-order valence-electron chi connectivity index (χ4n) is 6.04. The fourth-order valence-corrected chi connectivity index (χ4v) is 6.04. The van der Waals surface area contributed by atoms with Gasteiger partial charge in [0.15, 0.2) is 0 Å². The standard InChI is InChI=1S/C30H40N4O4/c1-29(32,28(31)37)17-22(20-38-19-21-9-5-4-6-10-21)26(35)34-15-13-30(14-16-34)18-24(27(36)33(2)3)23-11-7-8-12-25(23)30/h4-12,22,24H,13-20,32H2,1-3H3,(H2,31,37)/t22-,24?,29?/m1/s1. The van der Waals surface area contributed by atoms with Crippen LogP contribution < -0.4 is 11.5 Å². The molecule has 0 bridgehead atoms. The molecule has 2 aromatic rings. The molecule has 2 aromatic carbocycles. The average molecular weight is 521 g/mol. The Morgan fingerprint density at radius 3 is 2.34 bits per heavy atom. The second-order valence-electron chi connectivity index (χ2n) is 11.4. The number of amides is 3. The third-order valence-corrected chi connectivity index (χ3v) is 8.29. The Hall–Kier alpha value is -3.23. The molecule has 204 valence electrons. The number of ether oxygens (including phenoxy) is 1. The van der Waals surface area contributed by atoms with Crippen LogP contribution in [0.3, 0.4) is 0 Å². The van der Waals surface area contributed by atoms with Crippen LogP contribution in [0.5, 0.6) is 0 Å². The summed E-state index contributed by atoms with van der Waals surface area (Å²) in [5, 5.41) is 0. The molecule has 1 aliphatic carbocycles. The van der Waals surface area contributed by atoms with Gasteiger partial charge in [0.1, 0.15) is 0 Å². The number of hydrogen-bond donors (Lipinski definition) is 2. The van der Waals surface area contributed by atoms with Crippen molar-refractivity contribution in [1.29, 1.82) is 0 Å². The molecule has 1 saturated heterocycles. The molecule has 38 heavy (non-hydrogen) atoms. The fraction of sp³-hybridized carbons (Fsp3) is 0.500. The number of carbonyl (C=O) groups is 3. The molecule has 0 saturated carbocycles. The lowest BCUT2D eigenvalue weighted by Gasteiger charge is -2.42. The third-order valence-electron chi connectivity index (χ3n) is 8.29. The maximum Gasteiger partial charge on any atom is 0.237 e. The SMILES string of the molecule is CN(C)C(=O)C1CC2(CCN(C(=O)[C@@H](COCc3ccccc3)CC(C)(N)C(N)=O)CC2)c2ccccc21. The highest BCUT2D eigenvalue weighted by atomic mass is 16.5. The maximum atomic E-state index is 13.7. The summed E-state index contributed by atoms with van der Waals surface area (Å²) >= 11 is 0. The number of fused-ring (bicyclic) bond motifs is 2. The summed E-state index contributed by atoms with van der Waals surface area (Å²) in [5.74, 6) is -1.34. The van der Waals surface area contributed by atoms with E-state index >= 15 is 0 Å². The number of nitrogens with zero attached hydrogens (tertiary/aromatic N) is 2. The molecule has 4 N–H and O–H groups in total. The Morgan fingerprint density at radius 1 is 1.08 bits per heavy atom. The number of piperidine rings is 1. The largest absolute Gasteiger partial charge is 0.376 e. The van der Waals surface area contributed by atoms with E-state index in [4.69, 9.17) is 16.2 Å². The van der Waals surface area contributed by atoms with E-state index < -0.39 is 17.4 Å². The van der Waals surface area contributed by atoms with Gasteiger partial charge in [0, 0.05) is 32.6 Å². The number of carbonyl (C=O) groups excluding carboxylic acids is 3. The van der Waals surface area contributed by atoms with E-state index in [1.54, 1.807) is 25.9 Å². The summed E-state index contributed by atoms with van der Waals surface area (Å²) in [6.45, 7) is 3.23. The topological polar surface area (TPSA) is 119 Å². The lowest BCUT2D eigenvalue weighted by molar-refractivity contribution is -0.141. The minimum atomic E-state index is -1.32. The van der Waals surface area contributed by atoms with E-state index in [0.29, 0.717) is 19.7 Å². The average Bonchev–Trinajstić information content (AvgIpc) is 3.22. The molecule has 8 heteroatoms. The monoisotopic (exact) mass is 520 g/mol. The van der Waals surface area contributed by atoms with Crippen molar-refractivity contribution >= 4 is 17.7 Å². The summed E-state index contributed by atoms with van der Waals surface area (Å²) in [6.07, 6.45) is 2.43. The molecule has 3 amide bonds. The summed E-state index contributed by atoms with van der Waals surface area (Å²) in [5.41, 5.74) is 13.6. The number of nitrogens with two attached hydrogens (primary N) is 2. The van der Waals surface area contributed by atoms with E-state index in [9.17, 15) is 14.4 Å². The zero-order valence-corrected chi connectivity index (χ0v) is 22.7. The summed E-state index contributed by atoms with van der Waals surface area (Å²) in [4.78, 5) is 42.2. The van der Waals surface area contributed by atoms with Crippen molar-refractivity contribution in [3.05, 3.63) is 71.3 Å². The Balaban J connectivity index is 1.46. The van der Waals surface area contributed by atoms with E-state index in [1.165, 1.54) is 5.56 Å². The molecule has 2 unspecified atom stereocenters. The number of hydrogen-bond acceptors (Lipinski definition) is 5. The predicted octanol–water partition coefficient (Wildman–Crippen LogP) is 2.55. The Kier molecular flexibility index (Phi) is 8.23. The van der Waals surface area contributed by atoms with Crippen LogP contribution in [0, 0.1) is 5.92 Å². The molecular weight excluding hydrogens is 480 g/mol. The molecule has 1 fully saturated rings. The zero-order valence-electron chi connectivity index (χ0n) is 22.7. The molecule has 0 radical (unpaired) electrons. The van der Waals surface area contributed by atoms with Gasteiger partial charge < -0.3 is 26.0 Å². The van der Waals surface area contributed by atoms with Crippen molar-refractivity contribution in [1.82, 2.24) is 9.80 Å². The van der Waals surface area contributed by atoms with Gasteiger partial charge in [-0.25, -0.2) is 0 Å². The Bertz CT molecular complexity index is 1160. The predicted molar refractivity (Wildman–Crippen MR) is 146 cm³/mol. The Labute approximate surface area is 225 Å². The van der Waals surface area contributed by atoms with Crippen LogP contribution in [0.15, 0.2) is 54.6 Å². The van der Waals surface area contributed by atoms with E-state index in [0.717, 1.165) is 30.4 Å². The van der Waals surface area contributed by atoms with Gasteiger partial charge >= 0.3 is 0 Å². The van der Waals surface area contributed by atoms with E-state index in [2.05, 4.69) is 12.1 Å². The molecule has 1 spiro atoms. The van der Waals surface area contributed by atoms with E-state index in [-0.39, 0.29) is 36.2 Å². The number of rotatable bonds is 9. The minimum Gasteiger partial charge on any atom is -0.376 e. The first kappa shape index (κ1) is 27.8. The maximum absolute atomic E-state index is 13.7. The normalized spacial score (nSPS) is 20.4. The van der Waals surface area contributed by atoms with Gasteiger partial charge in [0.05, 0.1) is 30.6 Å². The minimum absolute atomic E-state index is 0.0713. The van der Waals surface area contributed by atoms with Crippen LogP contribution >= 0.6 is 0 Å². The summed E-state index contributed by atoms with van der Waals surface area (Å²) in [6, 6.07) is 18.0. The molecule has 1 aliphatic heterocycles. The molecule has 2 aliphatic rings. The van der Waals surface area contributed by atoms with Gasteiger partial charge in [0.2, 0.25) is 17.7 Å². The van der Waals surface area contributed by atoms with Gasteiger partial charge in [-0.05, 0) is 49.3 Å². The van der Waals surface area contributed by atoms with Crippen LogP contribution in [0.4, 0.5) is 0 Å². The molecule has 4 rings (SSSR count). The first-order valence-corrected chi connectivity index (χ1v) is 13.3.